The monoisotopic (exact) mass is 590 g/mol. The highest BCUT2D eigenvalue weighted by Crippen LogP contribution is 2.23. The second-order valence-corrected chi connectivity index (χ2v) is 13.6. The van der Waals surface area contributed by atoms with Gasteiger partial charge in [0.05, 0.1) is 11.4 Å². The van der Waals surface area contributed by atoms with Crippen LogP contribution in [-0.4, -0.2) is 29.9 Å². The highest BCUT2D eigenvalue weighted by atomic mass is 35.5. The van der Waals surface area contributed by atoms with Gasteiger partial charge in [0.2, 0.25) is 0 Å². The molecule has 0 aliphatic heterocycles. The molecule has 7 heteroatoms. The van der Waals surface area contributed by atoms with Crippen molar-refractivity contribution in [1.82, 2.24) is 29.9 Å². The number of benzene rings is 1. The fraction of sp³-hybridized carbons (Fsp3) is 0.333. The van der Waals surface area contributed by atoms with Crippen molar-refractivity contribution in [2.45, 2.75) is 78.1 Å². The van der Waals surface area contributed by atoms with Crippen molar-refractivity contribution >= 4 is 11.6 Å². The molecule has 0 radical (unpaired) electrons. The van der Waals surface area contributed by atoms with Crippen LogP contribution in [0.2, 0.25) is 5.02 Å². The van der Waals surface area contributed by atoms with E-state index in [1.807, 2.05) is 49.3 Å². The number of aromatic nitrogens is 6. The number of pyridine rings is 2. The van der Waals surface area contributed by atoms with Crippen LogP contribution in [0, 0.1) is 0 Å². The maximum absolute atomic E-state index is 6.52. The molecular weight excluding hydrogens is 552 g/mol. The minimum Gasteiger partial charge on any atom is -0.256 e. The summed E-state index contributed by atoms with van der Waals surface area (Å²) < 4.78 is 0. The van der Waals surface area contributed by atoms with Gasteiger partial charge in [-0.05, 0) is 72.2 Å². The van der Waals surface area contributed by atoms with Gasteiger partial charge in [-0.2, -0.15) is 0 Å². The molecular formula is C36H39ClN6. The molecule has 0 aliphatic rings. The van der Waals surface area contributed by atoms with E-state index in [0.29, 0.717) is 0 Å². The van der Waals surface area contributed by atoms with Crippen LogP contribution >= 0.6 is 11.6 Å². The average molecular weight is 591 g/mol. The summed E-state index contributed by atoms with van der Waals surface area (Å²) in [5.74, 6) is 1.66. The Hall–Kier alpha value is -4.03. The van der Waals surface area contributed by atoms with Crippen molar-refractivity contribution in [2.75, 3.05) is 0 Å². The van der Waals surface area contributed by atoms with Crippen molar-refractivity contribution in [3.63, 3.8) is 0 Å². The molecule has 0 N–H and O–H groups in total. The molecule has 4 aromatic heterocycles. The molecule has 5 rings (SSSR count). The molecule has 0 atom stereocenters. The number of rotatable bonds is 8. The van der Waals surface area contributed by atoms with Gasteiger partial charge < -0.3 is 0 Å². The minimum atomic E-state index is -0.0746. The van der Waals surface area contributed by atoms with Crippen molar-refractivity contribution < 1.29 is 0 Å². The molecule has 6 nitrogen and oxygen atoms in total. The molecule has 43 heavy (non-hydrogen) atoms. The van der Waals surface area contributed by atoms with E-state index >= 15 is 0 Å². The molecule has 4 heterocycles. The van der Waals surface area contributed by atoms with Crippen LogP contribution < -0.4 is 0 Å². The van der Waals surface area contributed by atoms with Crippen LogP contribution in [0.3, 0.4) is 0 Å². The summed E-state index contributed by atoms with van der Waals surface area (Å²) in [7, 11) is 0. The Kier molecular flexibility index (Phi) is 8.97. The van der Waals surface area contributed by atoms with Crippen LogP contribution in [0.25, 0.3) is 22.5 Å². The summed E-state index contributed by atoms with van der Waals surface area (Å²) >= 11 is 6.52. The lowest BCUT2D eigenvalue weighted by Gasteiger charge is -2.16. The second kappa shape index (κ2) is 12.7. The average Bonchev–Trinajstić information content (AvgIpc) is 2.99. The number of halogens is 1. The molecule has 1 aromatic carbocycles. The predicted octanol–water partition coefficient (Wildman–Crippen LogP) is 8.21. The topological polar surface area (TPSA) is 77.3 Å². The van der Waals surface area contributed by atoms with Crippen molar-refractivity contribution in [3.8, 4) is 22.5 Å². The summed E-state index contributed by atoms with van der Waals surface area (Å²) in [5, 5.41) is 0.770. The van der Waals surface area contributed by atoms with Gasteiger partial charge in [0, 0.05) is 64.2 Å². The second-order valence-electron chi connectivity index (χ2n) is 13.2. The normalized spacial score (nSPS) is 12.0. The van der Waals surface area contributed by atoms with Gasteiger partial charge in [-0.15, -0.1) is 0 Å². The van der Waals surface area contributed by atoms with E-state index in [1.165, 1.54) is 22.3 Å². The summed E-state index contributed by atoms with van der Waals surface area (Å²) in [6, 6.07) is 14.7. The Balaban J connectivity index is 1.16. The van der Waals surface area contributed by atoms with E-state index in [2.05, 4.69) is 102 Å². The molecule has 0 saturated heterocycles. The van der Waals surface area contributed by atoms with E-state index in [0.717, 1.165) is 64.9 Å². The minimum absolute atomic E-state index is 0.0746. The number of hydrogen-bond acceptors (Lipinski definition) is 6. The standard InChI is InChI=1S/C36H39ClN6/c1-35(2,3)33-40-20-28(21-41-33)31-13-11-24(18-38-31)7-9-26-15-27(17-30(37)16-26)10-8-25-12-14-32(39-19-25)29-22-42-34(43-23-29)36(4,5)6/h11-23H,7-10H2,1-6H3. The lowest BCUT2D eigenvalue weighted by molar-refractivity contribution is 0.545. The first-order chi connectivity index (χ1) is 20.4. The number of aryl methyl sites for hydroxylation is 4. The molecule has 0 aliphatic carbocycles. The van der Waals surface area contributed by atoms with Gasteiger partial charge in [0.1, 0.15) is 11.6 Å². The van der Waals surface area contributed by atoms with Crippen LogP contribution in [0.15, 0.2) is 79.6 Å². The van der Waals surface area contributed by atoms with Crippen LogP contribution in [0.5, 0.6) is 0 Å². The highest BCUT2D eigenvalue weighted by molar-refractivity contribution is 6.30. The molecule has 0 unspecified atom stereocenters. The third kappa shape index (κ3) is 8.08. The van der Waals surface area contributed by atoms with Gasteiger partial charge >= 0.3 is 0 Å². The molecule has 220 valence electrons. The Morgan fingerprint density at radius 2 is 0.837 bits per heavy atom. The van der Waals surface area contributed by atoms with E-state index < -0.39 is 0 Å². The third-order valence-electron chi connectivity index (χ3n) is 7.31. The molecule has 0 spiro atoms. The maximum Gasteiger partial charge on any atom is 0.133 e. The first kappa shape index (κ1) is 30.4. The van der Waals surface area contributed by atoms with Gasteiger partial charge in [0.25, 0.3) is 0 Å². The zero-order chi connectivity index (χ0) is 30.6. The third-order valence-corrected chi connectivity index (χ3v) is 7.53. The Morgan fingerprint density at radius 3 is 1.16 bits per heavy atom. The number of hydrogen-bond donors (Lipinski definition) is 0. The first-order valence-corrected chi connectivity index (χ1v) is 15.2. The Labute approximate surface area is 260 Å². The Bertz CT molecular complexity index is 1530. The van der Waals surface area contributed by atoms with Gasteiger partial charge in [-0.1, -0.05) is 71.3 Å². The Morgan fingerprint density at radius 1 is 0.465 bits per heavy atom. The summed E-state index contributed by atoms with van der Waals surface area (Å²) in [6.45, 7) is 12.7. The zero-order valence-electron chi connectivity index (χ0n) is 25.9. The largest absolute Gasteiger partial charge is 0.256 e. The van der Waals surface area contributed by atoms with Crippen LogP contribution in [-0.2, 0) is 36.5 Å². The molecule has 0 saturated carbocycles. The smallest absolute Gasteiger partial charge is 0.133 e. The quantitative estimate of drug-likeness (QED) is 0.181. The molecule has 5 aromatic rings. The van der Waals surface area contributed by atoms with Crippen molar-refractivity contribution in [2.24, 2.45) is 0 Å². The van der Waals surface area contributed by atoms with Crippen molar-refractivity contribution in [1.29, 1.82) is 0 Å². The SMILES string of the molecule is CC(C)(C)c1ncc(-c2ccc(CCc3cc(Cl)cc(CCc4ccc(-c5cnc(C(C)(C)C)nc5)nc4)c3)cn2)cn1. The molecule has 0 fully saturated rings. The van der Waals surface area contributed by atoms with Crippen molar-refractivity contribution in [3.05, 3.63) is 119 Å². The van der Waals surface area contributed by atoms with Gasteiger partial charge in [-0.25, -0.2) is 19.9 Å². The molecule has 0 bridgehead atoms. The lowest BCUT2D eigenvalue weighted by Crippen LogP contribution is -2.15. The fourth-order valence-corrected chi connectivity index (χ4v) is 5.05. The van der Waals surface area contributed by atoms with Crippen LogP contribution in [0.1, 0.15) is 75.4 Å². The zero-order valence-corrected chi connectivity index (χ0v) is 26.7. The summed E-state index contributed by atoms with van der Waals surface area (Å²) in [5.41, 5.74) is 8.27. The fourth-order valence-electron chi connectivity index (χ4n) is 4.76. The highest BCUT2D eigenvalue weighted by Gasteiger charge is 2.18. The van der Waals surface area contributed by atoms with E-state index in [1.54, 1.807) is 0 Å². The molecule has 0 amide bonds. The number of nitrogens with zero attached hydrogens (tertiary/aromatic N) is 6. The van der Waals surface area contributed by atoms with Crippen LogP contribution in [0.4, 0.5) is 0 Å². The maximum atomic E-state index is 6.52. The first-order valence-electron chi connectivity index (χ1n) is 14.8. The van der Waals surface area contributed by atoms with E-state index in [-0.39, 0.29) is 10.8 Å². The van der Waals surface area contributed by atoms with E-state index in [4.69, 9.17) is 11.6 Å². The lowest BCUT2D eigenvalue weighted by atomic mass is 9.95. The summed E-state index contributed by atoms with van der Waals surface area (Å²) in [6.07, 6.45) is 14.9. The van der Waals surface area contributed by atoms with Gasteiger partial charge in [0.15, 0.2) is 0 Å². The van der Waals surface area contributed by atoms with E-state index in [9.17, 15) is 0 Å². The predicted molar refractivity (Wildman–Crippen MR) is 174 cm³/mol. The van der Waals surface area contributed by atoms with Gasteiger partial charge in [-0.3, -0.25) is 9.97 Å². The summed E-state index contributed by atoms with van der Waals surface area (Å²) in [4.78, 5) is 27.5.